The van der Waals surface area contributed by atoms with Crippen molar-refractivity contribution in [1.82, 2.24) is 10.2 Å². The molecular formula is C13H14Cl2F2N2O. The van der Waals surface area contributed by atoms with Crippen LogP contribution in [0, 0.1) is 23.5 Å². The molecule has 3 nitrogen and oxygen atoms in total. The summed E-state index contributed by atoms with van der Waals surface area (Å²) in [6.45, 7) is 3.09. The summed E-state index contributed by atoms with van der Waals surface area (Å²) >= 11 is 5.83. The lowest BCUT2D eigenvalue weighted by molar-refractivity contribution is 0.0781. The lowest BCUT2D eigenvalue weighted by atomic mass is 10.0. The van der Waals surface area contributed by atoms with Gasteiger partial charge in [0.15, 0.2) is 11.6 Å². The zero-order valence-electron chi connectivity index (χ0n) is 10.5. The fourth-order valence-corrected chi connectivity index (χ4v) is 3.11. The fourth-order valence-electron chi connectivity index (χ4n) is 2.88. The van der Waals surface area contributed by atoms with Crippen molar-refractivity contribution in [2.75, 3.05) is 26.2 Å². The molecule has 2 atom stereocenters. The number of nitrogens with zero attached hydrogens (tertiary/aromatic N) is 1. The molecular weight excluding hydrogens is 309 g/mol. The number of likely N-dealkylation sites (tertiary alicyclic amines) is 1. The molecule has 2 saturated heterocycles. The molecule has 110 valence electrons. The molecule has 1 amide bonds. The third-order valence-corrected chi connectivity index (χ3v) is 4.23. The highest BCUT2D eigenvalue weighted by Crippen LogP contribution is 2.29. The normalized spacial score (nSPS) is 24.4. The van der Waals surface area contributed by atoms with Crippen LogP contribution in [0.1, 0.15) is 10.4 Å². The molecule has 0 radical (unpaired) electrons. The molecule has 2 aliphatic heterocycles. The minimum absolute atomic E-state index is 0. The maximum atomic E-state index is 13.2. The second-order valence-electron chi connectivity index (χ2n) is 5.13. The second-order valence-corrected chi connectivity index (χ2v) is 5.54. The van der Waals surface area contributed by atoms with E-state index < -0.39 is 11.6 Å². The van der Waals surface area contributed by atoms with E-state index in [1.54, 1.807) is 4.90 Å². The van der Waals surface area contributed by atoms with Crippen LogP contribution in [0.15, 0.2) is 12.1 Å². The Balaban J connectivity index is 0.00000147. The van der Waals surface area contributed by atoms with Crippen molar-refractivity contribution >= 4 is 29.9 Å². The quantitative estimate of drug-likeness (QED) is 0.805. The van der Waals surface area contributed by atoms with E-state index in [1.807, 2.05) is 0 Å². The number of benzene rings is 1. The van der Waals surface area contributed by atoms with Crippen LogP contribution in [0.25, 0.3) is 0 Å². The highest BCUT2D eigenvalue weighted by molar-refractivity contribution is 6.33. The van der Waals surface area contributed by atoms with E-state index >= 15 is 0 Å². The van der Waals surface area contributed by atoms with Crippen molar-refractivity contribution in [3.05, 3.63) is 34.4 Å². The fraction of sp³-hybridized carbons (Fsp3) is 0.462. The largest absolute Gasteiger partial charge is 0.338 e. The summed E-state index contributed by atoms with van der Waals surface area (Å²) in [7, 11) is 0. The van der Waals surface area contributed by atoms with Gasteiger partial charge in [-0.15, -0.1) is 12.4 Å². The Kier molecular flexibility index (Phi) is 4.52. The van der Waals surface area contributed by atoms with Gasteiger partial charge in [-0.1, -0.05) is 11.6 Å². The van der Waals surface area contributed by atoms with Gasteiger partial charge in [0.25, 0.3) is 5.91 Å². The first-order valence-electron chi connectivity index (χ1n) is 6.21. The molecule has 7 heteroatoms. The number of hydrogen-bond donors (Lipinski definition) is 1. The molecule has 20 heavy (non-hydrogen) atoms. The van der Waals surface area contributed by atoms with Gasteiger partial charge in [0, 0.05) is 26.2 Å². The smallest absolute Gasteiger partial charge is 0.255 e. The number of halogens is 4. The van der Waals surface area contributed by atoms with Crippen LogP contribution in [0.2, 0.25) is 5.02 Å². The number of hydrogen-bond acceptors (Lipinski definition) is 2. The molecule has 0 aliphatic carbocycles. The number of nitrogens with one attached hydrogen (secondary N) is 1. The standard InChI is InChI=1S/C13H13ClF2N2O.ClH/c14-10-2-12(16)11(15)1-9(10)13(19)18-5-7-3-17-4-8(7)6-18;/h1-2,7-8,17H,3-6H2;1H/t7-,8+;. The van der Waals surface area contributed by atoms with Gasteiger partial charge < -0.3 is 10.2 Å². The Morgan fingerprint density at radius 2 is 1.75 bits per heavy atom. The molecule has 0 saturated carbocycles. The first-order chi connectivity index (χ1) is 9.06. The van der Waals surface area contributed by atoms with Crippen molar-refractivity contribution in [3.63, 3.8) is 0 Å². The van der Waals surface area contributed by atoms with E-state index in [9.17, 15) is 13.6 Å². The van der Waals surface area contributed by atoms with E-state index in [-0.39, 0.29) is 28.9 Å². The average Bonchev–Trinajstić information content (AvgIpc) is 2.93. The van der Waals surface area contributed by atoms with E-state index in [1.165, 1.54) is 0 Å². The van der Waals surface area contributed by atoms with Gasteiger partial charge >= 0.3 is 0 Å². The third-order valence-electron chi connectivity index (χ3n) is 3.92. The van der Waals surface area contributed by atoms with Crippen LogP contribution in [-0.4, -0.2) is 37.0 Å². The molecule has 0 bridgehead atoms. The Morgan fingerprint density at radius 1 is 1.20 bits per heavy atom. The summed E-state index contributed by atoms with van der Waals surface area (Å²) in [5.74, 6) is -1.50. The number of carbonyl (C=O) groups is 1. The van der Waals surface area contributed by atoms with Crippen molar-refractivity contribution in [2.24, 2.45) is 11.8 Å². The monoisotopic (exact) mass is 322 g/mol. The lowest BCUT2D eigenvalue weighted by Gasteiger charge is -2.18. The average molecular weight is 323 g/mol. The first kappa shape index (κ1) is 15.5. The summed E-state index contributed by atoms with van der Waals surface area (Å²) in [4.78, 5) is 14.0. The van der Waals surface area contributed by atoms with E-state index in [0.29, 0.717) is 24.9 Å². The maximum Gasteiger partial charge on any atom is 0.255 e. The Hall–Kier alpha value is -0.910. The third kappa shape index (κ3) is 2.62. The van der Waals surface area contributed by atoms with Crippen molar-refractivity contribution in [3.8, 4) is 0 Å². The highest BCUT2D eigenvalue weighted by atomic mass is 35.5. The number of fused-ring (bicyclic) bond motifs is 1. The summed E-state index contributed by atoms with van der Waals surface area (Å²) in [6, 6.07) is 1.73. The number of amides is 1. The number of rotatable bonds is 1. The van der Waals surface area contributed by atoms with Crippen molar-refractivity contribution < 1.29 is 13.6 Å². The summed E-state index contributed by atoms with van der Waals surface area (Å²) in [5.41, 5.74) is 0.0356. The van der Waals surface area contributed by atoms with Crippen LogP contribution < -0.4 is 5.32 Å². The van der Waals surface area contributed by atoms with Gasteiger partial charge in [-0.2, -0.15) is 0 Å². The van der Waals surface area contributed by atoms with Crippen LogP contribution in [-0.2, 0) is 0 Å². The predicted octanol–water partition coefficient (Wildman–Crippen LogP) is 2.33. The van der Waals surface area contributed by atoms with Crippen molar-refractivity contribution in [1.29, 1.82) is 0 Å². The summed E-state index contributed by atoms with van der Waals surface area (Å²) in [5, 5.41) is 3.24. The molecule has 0 spiro atoms. The van der Waals surface area contributed by atoms with Crippen LogP contribution >= 0.6 is 24.0 Å². The molecule has 3 rings (SSSR count). The first-order valence-corrected chi connectivity index (χ1v) is 6.58. The second kappa shape index (κ2) is 5.84. The molecule has 2 aliphatic rings. The SMILES string of the molecule is Cl.O=C(c1cc(F)c(F)cc1Cl)N1C[C@H]2CNC[C@H]2C1. The van der Waals surface area contributed by atoms with E-state index in [0.717, 1.165) is 25.2 Å². The molecule has 1 aromatic carbocycles. The van der Waals surface area contributed by atoms with Gasteiger partial charge in [-0.05, 0) is 24.0 Å². The van der Waals surface area contributed by atoms with Crippen LogP contribution in [0.5, 0.6) is 0 Å². The topological polar surface area (TPSA) is 32.3 Å². The maximum absolute atomic E-state index is 13.2. The Morgan fingerprint density at radius 3 is 2.35 bits per heavy atom. The molecule has 1 N–H and O–H groups in total. The highest BCUT2D eigenvalue weighted by Gasteiger charge is 2.38. The van der Waals surface area contributed by atoms with Gasteiger partial charge in [0.2, 0.25) is 0 Å². The minimum atomic E-state index is -1.05. The lowest BCUT2D eigenvalue weighted by Crippen LogP contribution is -2.32. The van der Waals surface area contributed by atoms with Crippen LogP contribution in [0.3, 0.4) is 0 Å². The van der Waals surface area contributed by atoms with Gasteiger partial charge in [-0.25, -0.2) is 8.78 Å². The Labute approximate surface area is 126 Å². The van der Waals surface area contributed by atoms with Gasteiger partial charge in [0.1, 0.15) is 0 Å². The molecule has 0 aromatic heterocycles. The summed E-state index contributed by atoms with van der Waals surface area (Å²) < 4.78 is 26.2. The molecule has 2 heterocycles. The van der Waals surface area contributed by atoms with Gasteiger partial charge in [-0.3, -0.25) is 4.79 Å². The number of carbonyl (C=O) groups excluding carboxylic acids is 1. The van der Waals surface area contributed by atoms with Gasteiger partial charge in [0.05, 0.1) is 10.6 Å². The van der Waals surface area contributed by atoms with Crippen LogP contribution in [0.4, 0.5) is 8.78 Å². The van der Waals surface area contributed by atoms with Crippen molar-refractivity contribution in [2.45, 2.75) is 0 Å². The van der Waals surface area contributed by atoms with E-state index in [2.05, 4.69) is 5.32 Å². The van der Waals surface area contributed by atoms with E-state index in [4.69, 9.17) is 11.6 Å². The summed E-state index contributed by atoms with van der Waals surface area (Å²) in [6.07, 6.45) is 0. The molecule has 1 aromatic rings. The minimum Gasteiger partial charge on any atom is -0.338 e. The molecule has 2 fully saturated rings. The Bertz CT molecular complexity index is 529. The zero-order valence-corrected chi connectivity index (χ0v) is 12.1. The zero-order chi connectivity index (χ0) is 13.6. The predicted molar refractivity (Wildman–Crippen MR) is 74.4 cm³/mol. The molecule has 0 unspecified atom stereocenters.